The third-order valence-corrected chi connectivity index (χ3v) is 4.24. The Balaban J connectivity index is 2.00. The van der Waals surface area contributed by atoms with E-state index in [0.29, 0.717) is 10.9 Å². The first kappa shape index (κ1) is 15.3. The monoisotopic (exact) mass is 299 g/mol. The summed E-state index contributed by atoms with van der Waals surface area (Å²) in [6.07, 6.45) is 2.37. The minimum Gasteiger partial charge on any atom is -0.325 e. The minimum absolute atomic E-state index is 0.143. The first-order valence-electron chi connectivity index (χ1n) is 7.08. The van der Waals surface area contributed by atoms with Crippen molar-refractivity contribution in [2.75, 3.05) is 18.4 Å². The van der Waals surface area contributed by atoms with Gasteiger partial charge in [-0.1, -0.05) is 18.5 Å². The van der Waals surface area contributed by atoms with Gasteiger partial charge in [0, 0.05) is 10.9 Å². The van der Waals surface area contributed by atoms with Crippen molar-refractivity contribution in [2.45, 2.75) is 32.7 Å². The van der Waals surface area contributed by atoms with E-state index in [1.165, 1.54) is 23.5 Å². The Morgan fingerprint density at radius 3 is 2.95 bits per heavy atom. The van der Waals surface area contributed by atoms with Crippen molar-refractivity contribution in [3.8, 4) is 0 Å². The van der Waals surface area contributed by atoms with Gasteiger partial charge in [0.1, 0.15) is 5.82 Å². The molecular weight excluding hydrogens is 279 g/mol. The van der Waals surface area contributed by atoms with E-state index in [1.54, 1.807) is 6.07 Å². The summed E-state index contributed by atoms with van der Waals surface area (Å²) in [4.78, 5) is 13.5. The van der Waals surface area contributed by atoms with Crippen LogP contribution in [0.1, 0.15) is 26.7 Å². The van der Waals surface area contributed by atoms with Gasteiger partial charge in [0.25, 0.3) is 5.91 Å². The van der Waals surface area contributed by atoms with Crippen molar-refractivity contribution in [3.63, 3.8) is 0 Å². The molecule has 2 N–H and O–H groups in total. The van der Waals surface area contributed by atoms with Crippen LogP contribution in [0.5, 0.6) is 0 Å². The average molecular weight is 300 g/mol. The second-order valence-corrected chi connectivity index (χ2v) is 6.13. The molecule has 0 bridgehead atoms. The van der Waals surface area contributed by atoms with Gasteiger partial charge in [-0.3, -0.25) is 4.79 Å². The number of anilines is 1. The Labute approximate surface area is 124 Å². The predicted molar refractivity (Wildman–Crippen MR) is 78.6 cm³/mol. The molecule has 1 aromatic carbocycles. The largest absolute Gasteiger partial charge is 0.325 e. The smallest absolute Gasteiger partial charge is 0.282 e. The molecule has 0 saturated carbocycles. The lowest BCUT2D eigenvalue weighted by atomic mass is 9.99. The molecule has 1 heterocycles. The van der Waals surface area contributed by atoms with Crippen LogP contribution in [0.2, 0.25) is 5.02 Å². The summed E-state index contributed by atoms with van der Waals surface area (Å²) in [7, 11) is 0. The zero-order chi connectivity index (χ0) is 14.7. The van der Waals surface area contributed by atoms with Crippen molar-refractivity contribution in [1.82, 2.24) is 0 Å². The van der Waals surface area contributed by atoms with Gasteiger partial charge in [-0.05, 0) is 38.0 Å². The van der Waals surface area contributed by atoms with Crippen LogP contribution >= 0.6 is 11.6 Å². The third kappa shape index (κ3) is 3.70. The van der Waals surface area contributed by atoms with Gasteiger partial charge in [0.2, 0.25) is 0 Å². The lowest BCUT2D eigenvalue weighted by molar-refractivity contribution is -0.922. The number of carbonyl (C=O) groups is 1. The quantitative estimate of drug-likeness (QED) is 0.881. The highest BCUT2D eigenvalue weighted by molar-refractivity contribution is 6.30. The molecule has 2 rings (SSSR count). The Bertz CT molecular complexity index is 495. The van der Waals surface area contributed by atoms with Crippen LogP contribution in [0, 0.1) is 11.7 Å². The number of rotatable bonds is 3. The number of piperidine rings is 1. The van der Waals surface area contributed by atoms with Gasteiger partial charge < -0.3 is 10.2 Å². The fraction of sp³-hybridized carbons (Fsp3) is 0.533. The van der Waals surface area contributed by atoms with Crippen LogP contribution in [0.25, 0.3) is 0 Å². The molecule has 0 aliphatic carbocycles. The number of carbonyl (C=O) groups excluding carboxylic acids is 1. The van der Waals surface area contributed by atoms with Crippen molar-refractivity contribution >= 4 is 23.2 Å². The predicted octanol–water partition coefficient (Wildman–Crippen LogP) is 2.12. The minimum atomic E-state index is -0.500. The van der Waals surface area contributed by atoms with Crippen LogP contribution < -0.4 is 10.2 Å². The van der Waals surface area contributed by atoms with Gasteiger partial charge in [0.15, 0.2) is 6.04 Å². The fourth-order valence-corrected chi connectivity index (χ4v) is 2.90. The van der Waals surface area contributed by atoms with E-state index >= 15 is 0 Å². The summed E-state index contributed by atoms with van der Waals surface area (Å²) < 4.78 is 13.7. The molecule has 0 radical (unpaired) electrons. The number of halogens is 2. The van der Waals surface area contributed by atoms with Gasteiger partial charge in [-0.15, -0.1) is 0 Å². The molecule has 0 aromatic heterocycles. The van der Waals surface area contributed by atoms with E-state index in [1.807, 2.05) is 6.92 Å². The van der Waals surface area contributed by atoms with E-state index in [9.17, 15) is 9.18 Å². The highest BCUT2D eigenvalue weighted by atomic mass is 35.5. The molecule has 110 valence electrons. The molecule has 0 spiro atoms. The summed E-state index contributed by atoms with van der Waals surface area (Å²) in [5.74, 6) is -0.00310. The molecule has 1 aromatic rings. The van der Waals surface area contributed by atoms with E-state index in [4.69, 9.17) is 11.6 Å². The maximum Gasteiger partial charge on any atom is 0.282 e. The van der Waals surface area contributed by atoms with Crippen LogP contribution in [0.3, 0.4) is 0 Å². The highest BCUT2D eigenvalue weighted by Crippen LogP contribution is 2.18. The van der Waals surface area contributed by atoms with Crippen molar-refractivity contribution < 1.29 is 14.1 Å². The van der Waals surface area contributed by atoms with Crippen molar-refractivity contribution in [3.05, 3.63) is 29.0 Å². The van der Waals surface area contributed by atoms with Crippen LogP contribution in [-0.4, -0.2) is 25.0 Å². The summed E-state index contributed by atoms with van der Waals surface area (Å²) >= 11 is 5.70. The summed E-state index contributed by atoms with van der Waals surface area (Å²) in [5.41, 5.74) is 0.190. The maximum absolute atomic E-state index is 13.7. The van der Waals surface area contributed by atoms with Gasteiger partial charge in [0.05, 0.1) is 18.8 Å². The number of hydrogen-bond acceptors (Lipinski definition) is 1. The second kappa shape index (κ2) is 6.55. The highest BCUT2D eigenvalue weighted by Gasteiger charge is 2.29. The molecule has 3 atom stereocenters. The Kier molecular flexibility index (Phi) is 5.00. The molecule has 1 saturated heterocycles. The van der Waals surface area contributed by atoms with E-state index in [-0.39, 0.29) is 17.6 Å². The number of quaternary nitrogens is 1. The third-order valence-electron chi connectivity index (χ3n) is 4.00. The zero-order valence-corrected chi connectivity index (χ0v) is 12.6. The van der Waals surface area contributed by atoms with Crippen molar-refractivity contribution in [2.24, 2.45) is 5.92 Å². The van der Waals surface area contributed by atoms with Gasteiger partial charge in [-0.25, -0.2) is 4.39 Å². The molecule has 1 unspecified atom stereocenters. The first-order valence-corrected chi connectivity index (χ1v) is 7.45. The Morgan fingerprint density at radius 1 is 1.55 bits per heavy atom. The standard InChI is InChI=1S/C15H20ClFN2O/c1-10-4-3-7-19(9-10)11(2)15(20)18-14-6-5-12(16)8-13(14)17/h5-6,8,10-11H,3-4,7,9H2,1-2H3,(H,18,20)/p+1/t10-,11-/m0/s1. The number of likely N-dealkylation sites (tertiary alicyclic amines) is 1. The topological polar surface area (TPSA) is 33.5 Å². The molecule has 3 nitrogen and oxygen atoms in total. The van der Waals surface area contributed by atoms with Crippen LogP contribution in [0.15, 0.2) is 18.2 Å². The molecule has 1 aliphatic heterocycles. The second-order valence-electron chi connectivity index (χ2n) is 5.69. The SMILES string of the molecule is C[C@H]1CCC[NH+]([C@@H](C)C(=O)Nc2ccc(Cl)cc2F)C1. The molecular formula is C15H21ClFN2O+. The summed E-state index contributed by atoms with van der Waals surface area (Å²) in [6, 6.07) is 4.10. The van der Waals surface area contributed by atoms with E-state index < -0.39 is 5.82 Å². The van der Waals surface area contributed by atoms with E-state index in [2.05, 4.69) is 12.2 Å². The molecule has 1 fully saturated rings. The number of hydrogen-bond donors (Lipinski definition) is 2. The molecule has 20 heavy (non-hydrogen) atoms. The lowest BCUT2D eigenvalue weighted by Crippen LogP contribution is -3.17. The van der Waals surface area contributed by atoms with Crippen molar-refractivity contribution in [1.29, 1.82) is 0 Å². The number of amides is 1. The number of nitrogens with one attached hydrogen (secondary N) is 2. The van der Waals surface area contributed by atoms with Crippen LogP contribution in [-0.2, 0) is 4.79 Å². The normalized spacial score (nSPS) is 24.2. The number of benzene rings is 1. The molecule has 1 aliphatic rings. The molecule has 5 heteroatoms. The summed E-state index contributed by atoms with van der Waals surface area (Å²) in [6.45, 7) is 6.11. The van der Waals surface area contributed by atoms with E-state index in [0.717, 1.165) is 19.5 Å². The fourth-order valence-electron chi connectivity index (χ4n) is 2.74. The first-order chi connectivity index (χ1) is 9.47. The van der Waals surface area contributed by atoms with Crippen LogP contribution in [0.4, 0.5) is 10.1 Å². The molecule has 1 amide bonds. The Morgan fingerprint density at radius 2 is 2.30 bits per heavy atom. The van der Waals surface area contributed by atoms with Gasteiger partial charge >= 0.3 is 0 Å². The average Bonchev–Trinajstić information content (AvgIpc) is 2.41. The van der Waals surface area contributed by atoms with Gasteiger partial charge in [-0.2, -0.15) is 0 Å². The zero-order valence-electron chi connectivity index (χ0n) is 11.9. The summed E-state index contributed by atoms with van der Waals surface area (Å²) in [5, 5.41) is 2.98. The Hall–Kier alpha value is -1.13. The lowest BCUT2D eigenvalue weighted by Gasteiger charge is -2.31. The maximum atomic E-state index is 13.7.